The molecule has 3 heteroatoms. The van der Waals surface area contributed by atoms with Gasteiger partial charge in [0.05, 0.1) is 0 Å². The molecule has 0 spiro atoms. The predicted molar refractivity (Wildman–Crippen MR) is 88.2 cm³/mol. The van der Waals surface area contributed by atoms with Crippen LogP contribution in [-0.4, -0.2) is 37.0 Å². The van der Waals surface area contributed by atoms with Crippen LogP contribution < -0.4 is 5.32 Å². The van der Waals surface area contributed by atoms with Crippen molar-refractivity contribution in [3.63, 3.8) is 0 Å². The monoisotopic (exact) mass is 294 g/mol. The van der Waals surface area contributed by atoms with E-state index in [0.717, 1.165) is 38.3 Å². The summed E-state index contributed by atoms with van der Waals surface area (Å²) in [6, 6.07) is 0.489. The standard InChI is InChI=1S/C18H34N2O/c1-18(2,3)15-9-10-17(21)20(12-11-15)13-16(19-4)14-7-5-6-8-14/h14-16,19H,5-13H2,1-4H3. The molecule has 1 saturated carbocycles. The number of likely N-dealkylation sites (N-methyl/N-ethyl adjacent to an activating group) is 1. The van der Waals surface area contributed by atoms with E-state index in [1.165, 1.54) is 25.7 Å². The molecule has 21 heavy (non-hydrogen) atoms. The molecule has 1 heterocycles. The second-order valence-electron chi connectivity index (χ2n) is 8.17. The molecular formula is C18H34N2O. The van der Waals surface area contributed by atoms with Crippen LogP contribution in [0.15, 0.2) is 0 Å². The second kappa shape index (κ2) is 7.13. The van der Waals surface area contributed by atoms with Crippen molar-refractivity contribution in [2.24, 2.45) is 17.3 Å². The van der Waals surface area contributed by atoms with Gasteiger partial charge in [-0.1, -0.05) is 33.6 Å². The molecule has 3 nitrogen and oxygen atoms in total. The zero-order chi connectivity index (χ0) is 15.5. The maximum absolute atomic E-state index is 12.5. The summed E-state index contributed by atoms with van der Waals surface area (Å²) in [7, 11) is 2.06. The van der Waals surface area contributed by atoms with Gasteiger partial charge < -0.3 is 10.2 Å². The number of carbonyl (C=O) groups is 1. The van der Waals surface area contributed by atoms with E-state index in [0.29, 0.717) is 23.3 Å². The van der Waals surface area contributed by atoms with Gasteiger partial charge in [0.2, 0.25) is 5.91 Å². The van der Waals surface area contributed by atoms with E-state index in [1.54, 1.807) is 0 Å². The summed E-state index contributed by atoms with van der Waals surface area (Å²) in [5, 5.41) is 3.48. The van der Waals surface area contributed by atoms with Crippen molar-refractivity contribution < 1.29 is 4.79 Å². The summed E-state index contributed by atoms with van der Waals surface area (Å²) >= 11 is 0. The molecule has 1 N–H and O–H groups in total. The number of nitrogens with zero attached hydrogens (tertiary/aromatic N) is 1. The highest BCUT2D eigenvalue weighted by molar-refractivity contribution is 5.76. The number of hydrogen-bond donors (Lipinski definition) is 1. The molecule has 0 aromatic carbocycles. The van der Waals surface area contributed by atoms with Crippen LogP contribution in [0, 0.1) is 17.3 Å². The molecule has 2 rings (SSSR count). The minimum atomic E-state index is 0.324. The van der Waals surface area contributed by atoms with Gasteiger partial charge in [-0.3, -0.25) is 4.79 Å². The number of hydrogen-bond acceptors (Lipinski definition) is 2. The smallest absolute Gasteiger partial charge is 0.222 e. The first-order valence-electron chi connectivity index (χ1n) is 8.87. The average molecular weight is 294 g/mol. The van der Waals surface area contributed by atoms with Crippen LogP contribution in [0.4, 0.5) is 0 Å². The second-order valence-corrected chi connectivity index (χ2v) is 8.17. The Morgan fingerprint density at radius 1 is 1.19 bits per heavy atom. The Labute approximate surface area is 130 Å². The van der Waals surface area contributed by atoms with E-state index in [-0.39, 0.29) is 0 Å². The van der Waals surface area contributed by atoms with Crippen LogP contribution >= 0.6 is 0 Å². The van der Waals surface area contributed by atoms with Gasteiger partial charge in [0.15, 0.2) is 0 Å². The number of nitrogens with one attached hydrogen (secondary N) is 1. The van der Waals surface area contributed by atoms with E-state index in [4.69, 9.17) is 0 Å². The Hall–Kier alpha value is -0.570. The molecule has 0 aromatic rings. The zero-order valence-corrected chi connectivity index (χ0v) is 14.5. The molecule has 1 aliphatic heterocycles. The van der Waals surface area contributed by atoms with E-state index in [2.05, 4.69) is 38.0 Å². The molecule has 2 fully saturated rings. The number of carbonyl (C=O) groups excluding carboxylic acids is 1. The van der Waals surface area contributed by atoms with Gasteiger partial charge >= 0.3 is 0 Å². The largest absolute Gasteiger partial charge is 0.341 e. The molecule has 0 bridgehead atoms. The SMILES string of the molecule is CNC(CN1CCC(C(C)(C)C)CCC1=O)C1CCCC1. The first kappa shape index (κ1) is 16.8. The van der Waals surface area contributed by atoms with Crippen molar-refractivity contribution in [1.29, 1.82) is 0 Å². The van der Waals surface area contributed by atoms with Crippen LogP contribution in [0.2, 0.25) is 0 Å². The van der Waals surface area contributed by atoms with Gasteiger partial charge in [0.25, 0.3) is 0 Å². The molecule has 1 aliphatic carbocycles. The Morgan fingerprint density at radius 3 is 2.43 bits per heavy atom. The molecule has 2 unspecified atom stereocenters. The van der Waals surface area contributed by atoms with Crippen molar-refractivity contribution in [2.75, 3.05) is 20.1 Å². The highest BCUT2D eigenvalue weighted by atomic mass is 16.2. The fourth-order valence-corrected chi connectivity index (χ4v) is 4.17. The zero-order valence-electron chi connectivity index (χ0n) is 14.5. The van der Waals surface area contributed by atoms with E-state index in [9.17, 15) is 4.79 Å². The van der Waals surface area contributed by atoms with Crippen LogP contribution in [0.5, 0.6) is 0 Å². The lowest BCUT2D eigenvalue weighted by Crippen LogP contribution is -2.45. The van der Waals surface area contributed by atoms with Crippen LogP contribution in [0.3, 0.4) is 0 Å². The molecule has 1 saturated heterocycles. The minimum Gasteiger partial charge on any atom is -0.341 e. The fraction of sp³-hybridized carbons (Fsp3) is 0.944. The molecule has 0 aromatic heterocycles. The average Bonchev–Trinajstić information content (AvgIpc) is 2.87. The normalized spacial score (nSPS) is 27.0. The van der Waals surface area contributed by atoms with E-state index >= 15 is 0 Å². The number of likely N-dealkylation sites (tertiary alicyclic amines) is 1. The molecule has 1 amide bonds. The van der Waals surface area contributed by atoms with E-state index < -0.39 is 0 Å². The Morgan fingerprint density at radius 2 is 1.86 bits per heavy atom. The van der Waals surface area contributed by atoms with Gasteiger partial charge in [0, 0.05) is 25.6 Å². The Kier molecular flexibility index (Phi) is 5.70. The van der Waals surface area contributed by atoms with Crippen LogP contribution in [0.1, 0.15) is 65.7 Å². The summed E-state index contributed by atoms with van der Waals surface area (Å²) in [6.45, 7) is 8.80. The molecule has 122 valence electrons. The third kappa shape index (κ3) is 4.45. The molecular weight excluding hydrogens is 260 g/mol. The molecule has 2 atom stereocenters. The maximum Gasteiger partial charge on any atom is 0.222 e. The van der Waals surface area contributed by atoms with Crippen LogP contribution in [-0.2, 0) is 4.79 Å². The maximum atomic E-state index is 12.5. The lowest BCUT2D eigenvalue weighted by molar-refractivity contribution is -0.131. The number of amides is 1. The van der Waals surface area contributed by atoms with Crippen molar-refractivity contribution in [3.05, 3.63) is 0 Å². The van der Waals surface area contributed by atoms with Crippen LogP contribution in [0.25, 0.3) is 0 Å². The summed E-state index contributed by atoms with van der Waals surface area (Å²) in [4.78, 5) is 14.6. The van der Waals surface area contributed by atoms with Crippen molar-refractivity contribution in [3.8, 4) is 0 Å². The summed E-state index contributed by atoms with van der Waals surface area (Å²) in [6.07, 6.45) is 8.36. The highest BCUT2D eigenvalue weighted by Gasteiger charge is 2.32. The van der Waals surface area contributed by atoms with Crippen molar-refractivity contribution in [1.82, 2.24) is 10.2 Å². The summed E-state index contributed by atoms with van der Waals surface area (Å²) in [5.74, 6) is 1.82. The van der Waals surface area contributed by atoms with Crippen molar-refractivity contribution >= 4 is 5.91 Å². The fourth-order valence-electron chi connectivity index (χ4n) is 4.17. The van der Waals surface area contributed by atoms with E-state index in [1.807, 2.05) is 0 Å². The summed E-state index contributed by atoms with van der Waals surface area (Å²) in [5.41, 5.74) is 0.324. The minimum absolute atomic E-state index is 0.324. The van der Waals surface area contributed by atoms with Crippen molar-refractivity contribution in [2.45, 2.75) is 71.8 Å². The lowest BCUT2D eigenvalue weighted by atomic mass is 9.77. The van der Waals surface area contributed by atoms with Gasteiger partial charge in [0.1, 0.15) is 0 Å². The third-order valence-corrected chi connectivity index (χ3v) is 5.79. The van der Waals surface area contributed by atoms with Gasteiger partial charge in [-0.25, -0.2) is 0 Å². The first-order valence-corrected chi connectivity index (χ1v) is 8.87. The summed E-state index contributed by atoms with van der Waals surface area (Å²) < 4.78 is 0. The Balaban J connectivity index is 1.94. The lowest BCUT2D eigenvalue weighted by Gasteiger charge is -2.31. The number of rotatable bonds is 4. The highest BCUT2D eigenvalue weighted by Crippen LogP contribution is 2.35. The van der Waals surface area contributed by atoms with Gasteiger partial charge in [-0.2, -0.15) is 0 Å². The van der Waals surface area contributed by atoms with Gasteiger partial charge in [-0.05, 0) is 50.0 Å². The predicted octanol–water partition coefficient (Wildman–Crippen LogP) is 3.44. The first-order chi connectivity index (χ1) is 9.91. The molecule has 0 radical (unpaired) electrons. The van der Waals surface area contributed by atoms with Gasteiger partial charge in [-0.15, -0.1) is 0 Å². The Bertz CT molecular complexity index is 342. The topological polar surface area (TPSA) is 32.3 Å². The quantitative estimate of drug-likeness (QED) is 0.861. The third-order valence-electron chi connectivity index (χ3n) is 5.79. The molecule has 2 aliphatic rings.